The van der Waals surface area contributed by atoms with Crippen molar-refractivity contribution in [3.05, 3.63) is 27.7 Å². The average molecular weight is 296 g/mol. The molecule has 1 aromatic carbocycles. The van der Waals surface area contributed by atoms with Crippen molar-refractivity contribution in [3.8, 4) is 0 Å². The molecule has 1 aliphatic rings. The maximum atomic E-state index is 11.8. The summed E-state index contributed by atoms with van der Waals surface area (Å²) in [5.74, 6) is -0.0563. The molecular formula is C13H14BrNO2. The Morgan fingerprint density at radius 2 is 1.76 bits per heavy atom. The van der Waals surface area contributed by atoms with Crippen molar-refractivity contribution < 1.29 is 9.59 Å². The van der Waals surface area contributed by atoms with Gasteiger partial charge in [-0.15, -0.1) is 0 Å². The number of carbonyl (C=O) groups is 2. The molecule has 0 atom stereocenters. The molecular weight excluding hydrogens is 282 g/mol. The monoisotopic (exact) mass is 295 g/mol. The van der Waals surface area contributed by atoms with Crippen molar-refractivity contribution >= 4 is 33.3 Å². The van der Waals surface area contributed by atoms with Gasteiger partial charge in [-0.05, 0) is 37.1 Å². The smallest absolute Gasteiger partial charge is 0.234 e. The summed E-state index contributed by atoms with van der Waals surface area (Å²) in [5.41, 5.74) is 3.09. The number of anilines is 1. The maximum absolute atomic E-state index is 11.8. The molecule has 4 heteroatoms. The van der Waals surface area contributed by atoms with Crippen LogP contribution in [0.3, 0.4) is 0 Å². The molecule has 0 saturated carbocycles. The van der Waals surface area contributed by atoms with Crippen LogP contribution in [0.1, 0.15) is 24.0 Å². The van der Waals surface area contributed by atoms with Gasteiger partial charge in [0.2, 0.25) is 5.91 Å². The van der Waals surface area contributed by atoms with E-state index in [4.69, 9.17) is 0 Å². The molecule has 1 fully saturated rings. The fraction of sp³-hybridized carbons (Fsp3) is 0.385. The van der Waals surface area contributed by atoms with Gasteiger partial charge in [-0.2, -0.15) is 0 Å². The maximum Gasteiger partial charge on any atom is 0.234 e. The van der Waals surface area contributed by atoms with Gasteiger partial charge in [-0.25, -0.2) is 0 Å². The van der Waals surface area contributed by atoms with Gasteiger partial charge >= 0.3 is 0 Å². The fourth-order valence-electron chi connectivity index (χ4n) is 2.07. The van der Waals surface area contributed by atoms with Crippen LogP contribution in [0.2, 0.25) is 0 Å². The molecule has 2 rings (SSSR count). The zero-order valence-corrected chi connectivity index (χ0v) is 11.5. The lowest BCUT2D eigenvalue weighted by Crippen LogP contribution is -2.39. The number of aryl methyl sites for hydroxylation is 2. The number of ketones is 1. The van der Waals surface area contributed by atoms with Crippen molar-refractivity contribution in [2.24, 2.45) is 0 Å². The lowest BCUT2D eigenvalue weighted by Gasteiger charge is -2.27. The van der Waals surface area contributed by atoms with Gasteiger partial charge in [-0.3, -0.25) is 9.59 Å². The molecule has 1 aliphatic heterocycles. The second-order valence-corrected chi connectivity index (χ2v) is 5.20. The van der Waals surface area contributed by atoms with Gasteiger partial charge in [-0.1, -0.05) is 15.9 Å². The summed E-state index contributed by atoms with van der Waals surface area (Å²) in [6.07, 6.45) is 0.494. The van der Waals surface area contributed by atoms with E-state index in [9.17, 15) is 9.59 Å². The van der Waals surface area contributed by atoms with Crippen LogP contribution in [0.15, 0.2) is 16.6 Å². The van der Waals surface area contributed by atoms with E-state index in [1.807, 2.05) is 26.0 Å². The van der Waals surface area contributed by atoms with Crippen LogP contribution in [-0.4, -0.2) is 18.2 Å². The van der Waals surface area contributed by atoms with Crippen LogP contribution in [0.4, 0.5) is 5.69 Å². The van der Waals surface area contributed by atoms with Crippen LogP contribution >= 0.6 is 15.9 Å². The van der Waals surface area contributed by atoms with Crippen molar-refractivity contribution in [3.63, 3.8) is 0 Å². The van der Waals surface area contributed by atoms with E-state index in [1.165, 1.54) is 0 Å². The first-order valence-corrected chi connectivity index (χ1v) is 6.37. The van der Waals surface area contributed by atoms with Crippen molar-refractivity contribution in [2.45, 2.75) is 26.7 Å². The first kappa shape index (κ1) is 12.3. The quantitative estimate of drug-likeness (QED) is 0.747. The van der Waals surface area contributed by atoms with E-state index >= 15 is 0 Å². The van der Waals surface area contributed by atoms with Crippen molar-refractivity contribution in [1.82, 2.24) is 0 Å². The van der Waals surface area contributed by atoms with E-state index in [0.29, 0.717) is 13.0 Å². The highest BCUT2D eigenvalue weighted by molar-refractivity contribution is 9.10. The minimum absolute atomic E-state index is 0.0359. The van der Waals surface area contributed by atoms with Crippen LogP contribution in [0.5, 0.6) is 0 Å². The number of Topliss-reactive ketones (excluding diaryl/α,β-unsaturated/α-hetero) is 1. The van der Waals surface area contributed by atoms with Gasteiger partial charge in [0.15, 0.2) is 0 Å². The fourth-order valence-corrected chi connectivity index (χ4v) is 2.29. The van der Waals surface area contributed by atoms with Gasteiger partial charge in [0, 0.05) is 23.1 Å². The molecule has 0 aromatic heterocycles. The Bertz CT molecular complexity index is 473. The summed E-state index contributed by atoms with van der Waals surface area (Å²) in [6.45, 7) is 4.50. The molecule has 90 valence electrons. The molecule has 0 unspecified atom stereocenters. The zero-order valence-electron chi connectivity index (χ0n) is 9.92. The number of rotatable bonds is 1. The first-order chi connectivity index (χ1) is 7.99. The number of amides is 1. The van der Waals surface area contributed by atoms with Gasteiger partial charge in [0.1, 0.15) is 5.78 Å². The molecule has 17 heavy (non-hydrogen) atoms. The Kier molecular flexibility index (Phi) is 3.33. The Labute approximate surface area is 109 Å². The van der Waals surface area contributed by atoms with Crippen molar-refractivity contribution in [2.75, 3.05) is 11.4 Å². The number of nitrogens with zero attached hydrogens (tertiary/aromatic N) is 1. The van der Waals surface area contributed by atoms with E-state index in [-0.39, 0.29) is 18.1 Å². The highest BCUT2D eigenvalue weighted by Crippen LogP contribution is 2.28. The summed E-state index contributed by atoms with van der Waals surface area (Å²) in [5, 5.41) is 0. The molecule has 0 bridgehead atoms. The predicted molar refractivity (Wildman–Crippen MR) is 70.2 cm³/mol. The number of piperidine rings is 1. The number of benzene rings is 1. The largest absolute Gasteiger partial charge is 0.312 e. The highest BCUT2D eigenvalue weighted by Gasteiger charge is 2.25. The molecule has 1 heterocycles. The molecule has 3 nitrogen and oxygen atoms in total. The summed E-state index contributed by atoms with van der Waals surface area (Å²) in [7, 11) is 0. The Balaban J connectivity index is 2.34. The molecule has 0 aliphatic carbocycles. The molecule has 1 amide bonds. The Hall–Kier alpha value is -1.16. The first-order valence-electron chi connectivity index (χ1n) is 5.58. The third-order valence-corrected chi connectivity index (χ3v) is 4.25. The molecule has 1 aromatic rings. The van der Waals surface area contributed by atoms with Crippen molar-refractivity contribution in [1.29, 1.82) is 0 Å². The number of carbonyl (C=O) groups excluding carboxylic acids is 2. The standard InChI is InChI=1S/C13H14BrNO2/c1-8-5-10(6-9(2)13(8)14)15-4-3-11(16)7-12(15)17/h5-6H,3-4,7H2,1-2H3. The molecule has 0 radical (unpaired) electrons. The van der Waals surface area contributed by atoms with E-state index in [1.54, 1.807) is 4.90 Å². The minimum atomic E-state index is -0.0950. The van der Waals surface area contributed by atoms with Crippen LogP contribution in [-0.2, 0) is 9.59 Å². The minimum Gasteiger partial charge on any atom is -0.312 e. The van der Waals surface area contributed by atoms with E-state index < -0.39 is 0 Å². The number of hydrogen-bond acceptors (Lipinski definition) is 2. The van der Waals surface area contributed by atoms with E-state index in [0.717, 1.165) is 21.3 Å². The third-order valence-electron chi connectivity index (χ3n) is 3.00. The molecule has 0 N–H and O–H groups in total. The number of hydrogen-bond donors (Lipinski definition) is 0. The highest BCUT2D eigenvalue weighted by atomic mass is 79.9. The summed E-state index contributed by atoms with van der Waals surface area (Å²) in [6, 6.07) is 3.95. The Morgan fingerprint density at radius 3 is 2.29 bits per heavy atom. The average Bonchev–Trinajstić information content (AvgIpc) is 2.25. The van der Waals surface area contributed by atoms with Crippen LogP contribution in [0.25, 0.3) is 0 Å². The normalized spacial score (nSPS) is 16.5. The molecule has 1 saturated heterocycles. The predicted octanol–water partition coefficient (Wildman–Crippen LogP) is 2.76. The zero-order chi connectivity index (χ0) is 12.6. The van der Waals surface area contributed by atoms with E-state index in [2.05, 4.69) is 15.9 Å². The van der Waals surface area contributed by atoms with Crippen LogP contribution < -0.4 is 4.90 Å². The van der Waals surface area contributed by atoms with Gasteiger partial charge < -0.3 is 4.90 Å². The lowest BCUT2D eigenvalue weighted by molar-refractivity contribution is -0.128. The van der Waals surface area contributed by atoms with Crippen LogP contribution in [0, 0.1) is 13.8 Å². The third kappa shape index (κ3) is 2.41. The van der Waals surface area contributed by atoms with Gasteiger partial charge in [0.05, 0.1) is 6.42 Å². The summed E-state index contributed by atoms with van der Waals surface area (Å²) < 4.78 is 1.07. The lowest BCUT2D eigenvalue weighted by atomic mass is 10.1. The summed E-state index contributed by atoms with van der Waals surface area (Å²) >= 11 is 3.50. The molecule has 0 spiro atoms. The SMILES string of the molecule is Cc1cc(N2CCC(=O)CC2=O)cc(C)c1Br. The second kappa shape index (κ2) is 4.61. The topological polar surface area (TPSA) is 37.4 Å². The number of halogens is 1. The summed E-state index contributed by atoms with van der Waals surface area (Å²) in [4.78, 5) is 24.7. The Morgan fingerprint density at radius 1 is 1.18 bits per heavy atom. The second-order valence-electron chi connectivity index (χ2n) is 4.40. The van der Waals surface area contributed by atoms with Gasteiger partial charge in [0.25, 0.3) is 0 Å².